The predicted octanol–water partition coefficient (Wildman–Crippen LogP) is -0.325. The van der Waals surface area contributed by atoms with Crippen LogP contribution in [0.25, 0.3) is 0 Å². The Hall–Kier alpha value is -0.410. The van der Waals surface area contributed by atoms with E-state index in [0.717, 1.165) is 0 Å². The Balaban J connectivity index is 3.26. The van der Waals surface area contributed by atoms with E-state index in [-0.39, 0.29) is 12.2 Å². The summed E-state index contributed by atoms with van der Waals surface area (Å²) in [4.78, 5) is 10.3. The maximum Gasteiger partial charge on any atom is 0.132 e. The van der Waals surface area contributed by atoms with E-state index in [0.29, 0.717) is 13.0 Å². The minimum atomic E-state index is -0.535. The SMILES string of the molecule is CC(=O)CC(O)CCN. The summed E-state index contributed by atoms with van der Waals surface area (Å²) in [5, 5.41) is 8.92. The lowest BCUT2D eigenvalue weighted by atomic mass is 10.1. The van der Waals surface area contributed by atoms with E-state index < -0.39 is 6.10 Å². The van der Waals surface area contributed by atoms with Gasteiger partial charge in [0.25, 0.3) is 0 Å². The molecule has 0 amide bonds. The van der Waals surface area contributed by atoms with Gasteiger partial charge in [-0.2, -0.15) is 0 Å². The molecule has 0 saturated carbocycles. The van der Waals surface area contributed by atoms with Crippen molar-refractivity contribution in [1.82, 2.24) is 0 Å². The van der Waals surface area contributed by atoms with Crippen molar-refractivity contribution in [3.05, 3.63) is 0 Å². The lowest BCUT2D eigenvalue weighted by Crippen LogP contribution is -2.15. The van der Waals surface area contributed by atoms with Crippen LogP contribution in [-0.2, 0) is 4.79 Å². The third kappa shape index (κ3) is 5.46. The van der Waals surface area contributed by atoms with Gasteiger partial charge < -0.3 is 10.8 Å². The zero-order chi connectivity index (χ0) is 7.28. The highest BCUT2D eigenvalue weighted by molar-refractivity contribution is 5.75. The summed E-state index contributed by atoms with van der Waals surface area (Å²) in [6, 6.07) is 0. The number of aliphatic hydroxyl groups is 1. The molecular weight excluding hydrogens is 118 g/mol. The molecule has 3 heteroatoms. The first-order valence-electron chi connectivity index (χ1n) is 3.04. The third-order valence-electron chi connectivity index (χ3n) is 1.02. The zero-order valence-electron chi connectivity index (χ0n) is 5.63. The lowest BCUT2D eigenvalue weighted by molar-refractivity contribution is -0.118. The molecule has 0 heterocycles. The fourth-order valence-corrected chi connectivity index (χ4v) is 0.626. The van der Waals surface area contributed by atoms with Gasteiger partial charge in [0, 0.05) is 6.42 Å². The van der Waals surface area contributed by atoms with E-state index in [1.807, 2.05) is 0 Å². The Labute approximate surface area is 54.9 Å². The van der Waals surface area contributed by atoms with E-state index in [1.54, 1.807) is 0 Å². The Morgan fingerprint density at radius 3 is 2.67 bits per heavy atom. The van der Waals surface area contributed by atoms with Crippen molar-refractivity contribution >= 4 is 5.78 Å². The van der Waals surface area contributed by atoms with Crippen LogP contribution in [0, 0.1) is 0 Å². The predicted molar refractivity (Wildman–Crippen MR) is 35.0 cm³/mol. The van der Waals surface area contributed by atoms with Gasteiger partial charge in [-0.3, -0.25) is 4.79 Å². The van der Waals surface area contributed by atoms with Crippen molar-refractivity contribution in [3.8, 4) is 0 Å². The molecule has 0 rings (SSSR count). The fraction of sp³-hybridized carbons (Fsp3) is 0.833. The van der Waals surface area contributed by atoms with Crippen LogP contribution in [0.2, 0.25) is 0 Å². The highest BCUT2D eigenvalue weighted by Crippen LogP contribution is 1.95. The molecule has 0 aromatic rings. The van der Waals surface area contributed by atoms with Crippen molar-refractivity contribution in [2.75, 3.05) is 6.54 Å². The molecule has 9 heavy (non-hydrogen) atoms. The second kappa shape index (κ2) is 4.47. The number of carbonyl (C=O) groups excluding carboxylic acids is 1. The molecule has 0 aromatic carbocycles. The number of nitrogens with two attached hydrogens (primary N) is 1. The molecule has 0 spiro atoms. The third-order valence-corrected chi connectivity index (χ3v) is 1.02. The number of hydrogen-bond donors (Lipinski definition) is 2. The smallest absolute Gasteiger partial charge is 0.132 e. The second-order valence-electron chi connectivity index (χ2n) is 2.14. The molecule has 0 fully saturated rings. The number of aliphatic hydroxyl groups excluding tert-OH is 1. The zero-order valence-corrected chi connectivity index (χ0v) is 5.63. The van der Waals surface area contributed by atoms with Crippen molar-refractivity contribution in [2.45, 2.75) is 25.9 Å². The monoisotopic (exact) mass is 131 g/mol. The van der Waals surface area contributed by atoms with Crippen LogP contribution >= 0.6 is 0 Å². The number of rotatable bonds is 4. The largest absolute Gasteiger partial charge is 0.393 e. The average Bonchev–Trinajstić information content (AvgIpc) is 1.63. The van der Waals surface area contributed by atoms with Crippen molar-refractivity contribution in [3.63, 3.8) is 0 Å². The summed E-state index contributed by atoms with van der Waals surface area (Å²) in [5.41, 5.74) is 5.13. The van der Waals surface area contributed by atoms with E-state index >= 15 is 0 Å². The first kappa shape index (κ1) is 8.59. The summed E-state index contributed by atoms with van der Waals surface area (Å²) in [6.07, 6.45) is 0.212. The summed E-state index contributed by atoms with van der Waals surface area (Å²) < 4.78 is 0. The molecule has 1 atom stereocenters. The molecule has 0 aliphatic rings. The quantitative estimate of drug-likeness (QED) is 0.549. The number of Topliss-reactive ketones (excluding diaryl/α,β-unsaturated/α-hetero) is 1. The normalized spacial score (nSPS) is 13.2. The van der Waals surface area contributed by atoms with Gasteiger partial charge >= 0.3 is 0 Å². The van der Waals surface area contributed by atoms with Gasteiger partial charge in [-0.25, -0.2) is 0 Å². The van der Waals surface area contributed by atoms with E-state index in [2.05, 4.69) is 0 Å². The highest BCUT2D eigenvalue weighted by atomic mass is 16.3. The van der Waals surface area contributed by atoms with Crippen molar-refractivity contribution in [1.29, 1.82) is 0 Å². The van der Waals surface area contributed by atoms with Gasteiger partial charge in [-0.05, 0) is 19.9 Å². The van der Waals surface area contributed by atoms with Crippen molar-refractivity contribution < 1.29 is 9.90 Å². The summed E-state index contributed by atoms with van der Waals surface area (Å²) in [5.74, 6) is 0.0101. The summed E-state index contributed by atoms with van der Waals surface area (Å²) >= 11 is 0. The average molecular weight is 131 g/mol. The number of ketones is 1. The molecular formula is C6H13NO2. The number of hydrogen-bond acceptors (Lipinski definition) is 3. The minimum Gasteiger partial charge on any atom is -0.393 e. The van der Waals surface area contributed by atoms with Crippen LogP contribution in [0.4, 0.5) is 0 Å². The summed E-state index contributed by atoms with van der Waals surface area (Å²) in [7, 11) is 0. The molecule has 0 aliphatic heterocycles. The molecule has 0 radical (unpaired) electrons. The minimum absolute atomic E-state index is 0.0101. The van der Waals surface area contributed by atoms with Crippen LogP contribution in [0.5, 0.6) is 0 Å². The van der Waals surface area contributed by atoms with Crippen LogP contribution in [0.3, 0.4) is 0 Å². The van der Waals surface area contributed by atoms with Crippen molar-refractivity contribution in [2.24, 2.45) is 5.73 Å². The van der Waals surface area contributed by atoms with Crippen LogP contribution in [-0.4, -0.2) is 23.5 Å². The highest BCUT2D eigenvalue weighted by Gasteiger charge is 2.04. The Morgan fingerprint density at radius 2 is 2.33 bits per heavy atom. The van der Waals surface area contributed by atoms with Crippen LogP contribution in [0.1, 0.15) is 19.8 Å². The Morgan fingerprint density at radius 1 is 1.78 bits per heavy atom. The summed E-state index contributed by atoms with van der Waals surface area (Å²) in [6.45, 7) is 1.90. The van der Waals surface area contributed by atoms with Gasteiger partial charge in [-0.15, -0.1) is 0 Å². The van der Waals surface area contributed by atoms with E-state index in [4.69, 9.17) is 10.8 Å². The Bertz CT molecular complexity index is 93.1. The maximum absolute atomic E-state index is 10.3. The molecule has 0 aromatic heterocycles. The molecule has 1 unspecified atom stereocenters. The first-order chi connectivity index (χ1) is 4.16. The van der Waals surface area contributed by atoms with E-state index in [9.17, 15) is 4.79 Å². The van der Waals surface area contributed by atoms with Gasteiger partial charge in [0.05, 0.1) is 6.10 Å². The Kier molecular flexibility index (Phi) is 4.26. The fourth-order valence-electron chi connectivity index (χ4n) is 0.626. The first-order valence-corrected chi connectivity index (χ1v) is 3.04. The molecule has 3 N–H and O–H groups in total. The molecule has 0 aliphatic carbocycles. The molecule has 3 nitrogen and oxygen atoms in total. The standard InChI is InChI=1S/C6H13NO2/c1-5(8)4-6(9)2-3-7/h6,9H,2-4,7H2,1H3. The van der Waals surface area contributed by atoms with Gasteiger partial charge in [0.2, 0.25) is 0 Å². The van der Waals surface area contributed by atoms with Crippen LogP contribution in [0.15, 0.2) is 0 Å². The molecule has 0 bridgehead atoms. The van der Waals surface area contributed by atoms with Crippen LogP contribution < -0.4 is 5.73 Å². The van der Waals surface area contributed by atoms with Gasteiger partial charge in [0.1, 0.15) is 5.78 Å². The van der Waals surface area contributed by atoms with Gasteiger partial charge in [-0.1, -0.05) is 0 Å². The van der Waals surface area contributed by atoms with Gasteiger partial charge in [0.15, 0.2) is 0 Å². The maximum atomic E-state index is 10.3. The molecule has 0 saturated heterocycles. The van der Waals surface area contributed by atoms with E-state index in [1.165, 1.54) is 6.92 Å². The lowest BCUT2D eigenvalue weighted by Gasteiger charge is -2.04. The topological polar surface area (TPSA) is 63.3 Å². The number of carbonyl (C=O) groups is 1. The molecule has 54 valence electrons. The second-order valence-corrected chi connectivity index (χ2v) is 2.14.